The number of benzene rings is 3. The van der Waals surface area contributed by atoms with Crippen LogP contribution >= 0.6 is 0 Å². The first-order valence-electron chi connectivity index (χ1n) is 13.0. The number of rotatable bonds is 6. The van der Waals surface area contributed by atoms with E-state index < -0.39 is 0 Å². The van der Waals surface area contributed by atoms with E-state index in [-0.39, 0.29) is 6.03 Å². The van der Waals surface area contributed by atoms with E-state index in [2.05, 4.69) is 62.4 Å². The number of carbonyl (C=O) groups is 1. The van der Waals surface area contributed by atoms with Crippen molar-refractivity contribution in [3.05, 3.63) is 91.3 Å². The summed E-state index contributed by atoms with van der Waals surface area (Å²) in [5.41, 5.74) is 4.64. The first-order chi connectivity index (χ1) is 19.1. The molecule has 0 bridgehead atoms. The predicted molar refractivity (Wildman–Crippen MR) is 157 cm³/mol. The van der Waals surface area contributed by atoms with E-state index in [0.29, 0.717) is 5.82 Å². The second-order valence-corrected chi connectivity index (χ2v) is 9.69. The molecule has 0 radical (unpaired) electrons. The van der Waals surface area contributed by atoms with Crippen molar-refractivity contribution in [2.45, 2.75) is 0 Å². The summed E-state index contributed by atoms with van der Waals surface area (Å²) in [6, 6.07) is 26.0. The number of piperazine rings is 1. The highest BCUT2D eigenvalue weighted by Crippen LogP contribution is 2.30. The van der Waals surface area contributed by atoms with Crippen molar-refractivity contribution in [3.63, 3.8) is 0 Å². The third-order valence-electron chi connectivity index (χ3n) is 6.90. The summed E-state index contributed by atoms with van der Waals surface area (Å²) in [6.07, 6.45) is 3.68. The van der Waals surface area contributed by atoms with Gasteiger partial charge in [0.15, 0.2) is 0 Å². The average Bonchev–Trinajstić information content (AvgIpc) is 3.49. The molecule has 0 atom stereocenters. The van der Waals surface area contributed by atoms with Crippen LogP contribution in [0.2, 0.25) is 0 Å². The van der Waals surface area contributed by atoms with Crippen LogP contribution in [0.4, 0.5) is 33.5 Å². The van der Waals surface area contributed by atoms with Gasteiger partial charge in [0.1, 0.15) is 11.6 Å². The van der Waals surface area contributed by atoms with Gasteiger partial charge in [0.2, 0.25) is 0 Å². The van der Waals surface area contributed by atoms with Crippen molar-refractivity contribution in [3.8, 4) is 11.1 Å². The highest BCUT2D eigenvalue weighted by Gasteiger charge is 2.19. The van der Waals surface area contributed by atoms with Gasteiger partial charge in [0.25, 0.3) is 0 Å². The van der Waals surface area contributed by atoms with Crippen molar-refractivity contribution in [1.82, 2.24) is 25.0 Å². The second kappa shape index (κ2) is 10.8. The number of anilines is 5. The smallest absolute Gasteiger partial charge is 0.321 e. The van der Waals surface area contributed by atoms with Gasteiger partial charge in [0.05, 0.1) is 6.20 Å². The molecule has 196 valence electrons. The van der Waals surface area contributed by atoms with Gasteiger partial charge in [-0.3, -0.25) is 5.10 Å². The Morgan fingerprint density at radius 3 is 2.41 bits per heavy atom. The van der Waals surface area contributed by atoms with Crippen molar-refractivity contribution in [1.29, 1.82) is 0 Å². The average molecular weight is 519 g/mol. The van der Waals surface area contributed by atoms with E-state index in [1.54, 1.807) is 6.20 Å². The van der Waals surface area contributed by atoms with Crippen LogP contribution in [0.25, 0.3) is 21.9 Å². The largest absolute Gasteiger partial charge is 0.340 e. The molecule has 4 N–H and O–H groups in total. The molecule has 3 aromatic carbocycles. The Balaban J connectivity index is 1.21. The summed E-state index contributed by atoms with van der Waals surface area (Å²) in [4.78, 5) is 21.7. The zero-order valence-electron chi connectivity index (χ0n) is 21.7. The fourth-order valence-electron chi connectivity index (χ4n) is 4.68. The summed E-state index contributed by atoms with van der Waals surface area (Å²) < 4.78 is 0. The van der Waals surface area contributed by atoms with Crippen LogP contribution < -0.4 is 16.0 Å². The number of nitrogens with zero attached hydrogens (tertiary/aromatic N) is 4. The van der Waals surface area contributed by atoms with Crippen molar-refractivity contribution >= 4 is 45.5 Å². The number of carbonyl (C=O) groups excluding carboxylic acids is 1. The molecular formula is C30H30N8O. The number of H-pyrrole nitrogens is 1. The minimum absolute atomic E-state index is 0.0747. The van der Waals surface area contributed by atoms with Crippen LogP contribution in [0.15, 0.2) is 91.3 Å². The molecule has 0 saturated carbocycles. The van der Waals surface area contributed by atoms with Crippen molar-refractivity contribution < 1.29 is 4.79 Å². The van der Waals surface area contributed by atoms with Crippen molar-refractivity contribution in [2.24, 2.45) is 0 Å². The fourth-order valence-corrected chi connectivity index (χ4v) is 4.68. The highest BCUT2D eigenvalue weighted by atomic mass is 16.2. The number of amides is 2. The van der Waals surface area contributed by atoms with Gasteiger partial charge in [-0.25, -0.2) is 9.78 Å². The first kappa shape index (κ1) is 24.4. The highest BCUT2D eigenvalue weighted by molar-refractivity contribution is 5.96. The lowest BCUT2D eigenvalue weighted by molar-refractivity contribution is 0.164. The monoisotopic (exact) mass is 518 g/mol. The third-order valence-corrected chi connectivity index (χ3v) is 6.90. The molecule has 1 saturated heterocycles. The molecule has 3 heterocycles. The zero-order valence-corrected chi connectivity index (χ0v) is 21.7. The maximum absolute atomic E-state index is 12.7. The molecule has 2 aromatic heterocycles. The van der Waals surface area contributed by atoms with Gasteiger partial charge >= 0.3 is 6.03 Å². The van der Waals surface area contributed by atoms with E-state index in [9.17, 15) is 4.79 Å². The molecule has 2 amide bonds. The molecule has 9 nitrogen and oxygen atoms in total. The number of pyridine rings is 1. The second-order valence-electron chi connectivity index (χ2n) is 9.69. The molecule has 1 fully saturated rings. The number of urea groups is 1. The molecule has 5 aromatic rings. The van der Waals surface area contributed by atoms with Crippen LogP contribution in [-0.4, -0.2) is 64.2 Å². The van der Waals surface area contributed by atoms with E-state index in [1.807, 2.05) is 65.7 Å². The molecule has 1 aliphatic rings. The topological polar surface area (TPSA) is 101 Å². The molecule has 1 aliphatic heterocycles. The lowest BCUT2D eigenvalue weighted by Gasteiger charge is -2.32. The summed E-state index contributed by atoms with van der Waals surface area (Å²) in [6.45, 7) is 3.22. The van der Waals surface area contributed by atoms with E-state index in [4.69, 9.17) is 4.98 Å². The number of aromatic nitrogens is 3. The van der Waals surface area contributed by atoms with Crippen LogP contribution in [0.3, 0.4) is 0 Å². The lowest BCUT2D eigenvalue weighted by Crippen LogP contribution is -2.48. The number of hydrogen-bond donors (Lipinski definition) is 4. The quantitative estimate of drug-likeness (QED) is 0.224. The van der Waals surface area contributed by atoms with Crippen LogP contribution in [0.1, 0.15) is 0 Å². The Morgan fingerprint density at radius 1 is 0.821 bits per heavy atom. The minimum atomic E-state index is -0.0747. The molecule has 0 aliphatic carbocycles. The zero-order chi connectivity index (χ0) is 26.6. The molecule has 6 rings (SSSR count). The van der Waals surface area contributed by atoms with E-state index >= 15 is 0 Å². The van der Waals surface area contributed by atoms with Gasteiger partial charge < -0.3 is 25.8 Å². The molecule has 0 spiro atoms. The van der Waals surface area contributed by atoms with Crippen LogP contribution in [0, 0.1) is 0 Å². The van der Waals surface area contributed by atoms with Gasteiger partial charge in [-0.2, -0.15) is 5.10 Å². The Labute approximate surface area is 226 Å². The van der Waals surface area contributed by atoms with Gasteiger partial charge in [-0.1, -0.05) is 42.5 Å². The molecule has 9 heteroatoms. The SMILES string of the molecule is CN1CCN(C(=O)Nc2cccc(Nc3cc4ccccc4c(Nc4ccc(-c5cn[nH]c5)cc4)n3)c2)CC1. The third kappa shape index (κ3) is 5.68. The molecule has 39 heavy (non-hydrogen) atoms. The fraction of sp³-hybridized carbons (Fsp3) is 0.167. The number of fused-ring (bicyclic) bond motifs is 1. The first-order valence-corrected chi connectivity index (χ1v) is 13.0. The van der Waals surface area contributed by atoms with Gasteiger partial charge in [-0.05, 0) is 54.4 Å². The van der Waals surface area contributed by atoms with Crippen LogP contribution in [0.5, 0.6) is 0 Å². The van der Waals surface area contributed by atoms with E-state index in [1.165, 1.54) is 0 Å². The summed E-state index contributed by atoms with van der Waals surface area (Å²) >= 11 is 0. The number of likely N-dealkylation sites (N-methyl/N-ethyl adjacent to an activating group) is 1. The Kier molecular flexibility index (Phi) is 6.80. The number of nitrogens with one attached hydrogen (secondary N) is 4. The van der Waals surface area contributed by atoms with Crippen LogP contribution in [-0.2, 0) is 0 Å². The lowest BCUT2D eigenvalue weighted by atomic mass is 10.1. The van der Waals surface area contributed by atoms with Crippen molar-refractivity contribution in [2.75, 3.05) is 49.2 Å². The maximum Gasteiger partial charge on any atom is 0.321 e. The predicted octanol–water partition coefficient (Wildman–Crippen LogP) is 5.89. The standard InChI is InChI=1S/C30H30N8O/c1-37-13-15-38(16-14-37)30(39)35-26-7-4-6-25(18-26)33-28-17-22-5-2-3-8-27(22)29(36-28)34-24-11-9-21(10-12-24)23-19-31-32-20-23/h2-12,17-20H,13-16H2,1H3,(H,31,32)(H,35,39)(H2,33,34,36). The molecular weight excluding hydrogens is 488 g/mol. The normalized spacial score (nSPS) is 13.8. The molecule has 0 unspecified atom stereocenters. The Bertz CT molecular complexity index is 1570. The Morgan fingerprint density at radius 2 is 1.62 bits per heavy atom. The van der Waals surface area contributed by atoms with E-state index in [0.717, 1.165) is 71.0 Å². The van der Waals surface area contributed by atoms with Gasteiger partial charge in [0, 0.05) is 60.4 Å². The maximum atomic E-state index is 12.7. The summed E-state index contributed by atoms with van der Waals surface area (Å²) in [7, 11) is 2.07. The summed E-state index contributed by atoms with van der Waals surface area (Å²) in [5.74, 6) is 1.46. The minimum Gasteiger partial charge on any atom is -0.340 e. The van der Waals surface area contributed by atoms with Gasteiger partial charge in [-0.15, -0.1) is 0 Å². The summed E-state index contributed by atoms with van der Waals surface area (Å²) in [5, 5.41) is 18.9. The number of aromatic amines is 1. The number of hydrogen-bond acceptors (Lipinski definition) is 6. The Hall–Kier alpha value is -4.89.